The number of hydrogen-bond acceptors (Lipinski definition) is 3. The number of hydrogen-bond donors (Lipinski definition) is 3. The average molecular weight is 281 g/mol. The summed E-state index contributed by atoms with van der Waals surface area (Å²) in [4.78, 5) is 36.4. The van der Waals surface area contributed by atoms with E-state index in [2.05, 4.69) is 10.6 Å². The second-order valence-corrected chi connectivity index (χ2v) is 5.59. The monoisotopic (exact) mass is 281 g/mol. The zero-order valence-electron chi connectivity index (χ0n) is 11.5. The third kappa shape index (κ3) is 2.61. The molecule has 2 atom stereocenters. The predicted octanol–water partition coefficient (Wildman–Crippen LogP) is -0.0643. The van der Waals surface area contributed by atoms with Gasteiger partial charge in [0.25, 0.3) is 0 Å². The highest BCUT2D eigenvalue weighted by atomic mass is 16.4. The minimum Gasteiger partial charge on any atom is -0.481 e. The van der Waals surface area contributed by atoms with Gasteiger partial charge in [-0.25, -0.2) is 4.79 Å². The molecule has 1 fully saturated rings. The van der Waals surface area contributed by atoms with E-state index in [-0.39, 0.29) is 18.0 Å². The molecule has 2 unspecified atom stereocenters. The van der Waals surface area contributed by atoms with Crippen molar-refractivity contribution in [2.75, 3.05) is 13.1 Å². The lowest BCUT2D eigenvalue weighted by molar-refractivity contribution is -0.140. The van der Waals surface area contributed by atoms with Gasteiger partial charge in [0.1, 0.15) is 5.54 Å². The summed E-state index contributed by atoms with van der Waals surface area (Å²) in [5.74, 6) is -1.64. The van der Waals surface area contributed by atoms with Crippen LogP contribution in [-0.2, 0) is 9.59 Å². The van der Waals surface area contributed by atoms with E-state index in [4.69, 9.17) is 5.11 Å². The van der Waals surface area contributed by atoms with E-state index in [1.807, 2.05) is 0 Å². The second kappa shape index (κ2) is 5.15. The van der Waals surface area contributed by atoms with Gasteiger partial charge in [-0.05, 0) is 20.3 Å². The number of carbonyl (C=O) groups excluding carboxylic acids is 2. The van der Waals surface area contributed by atoms with Crippen LogP contribution in [0.2, 0.25) is 0 Å². The van der Waals surface area contributed by atoms with E-state index in [1.165, 1.54) is 4.90 Å². The zero-order chi connectivity index (χ0) is 14.9. The van der Waals surface area contributed by atoms with Gasteiger partial charge in [-0.1, -0.05) is 12.2 Å². The molecule has 1 aliphatic carbocycles. The van der Waals surface area contributed by atoms with E-state index in [9.17, 15) is 14.4 Å². The fourth-order valence-corrected chi connectivity index (χ4v) is 2.48. The summed E-state index contributed by atoms with van der Waals surface area (Å²) >= 11 is 0. The van der Waals surface area contributed by atoms with E-state index < -0.39 is 17.4 Å². The van der Waals surface area contributed by atoms with Crippen molar-refractivity contribution in [2.45, 2.75) is 31.8 Å². The van der Waals surface area contributed by atoms with Gasteiger partial charge in [0.05, 0.1) is 12.0 Å². The molecule has 20 heavy (non-hydrogen) atoms. The van der Waals surface area contributed by atoms with Gasteiger partial charge in [-0.2, -0.15) is 0 Å². The highest BCUT2D eigenvalue weighted by Gasteiger charge is 2.41. The standard InChI is InChI=1S/C13H19N3O4/c1-13(2)11(19)14-5-6-16(13)12(20)15-9-4-3-8(7-9)10(17)18/h3-4,8-9H,5-7H2,1-2H3,(H,14,19)(H,15,20)(H,17,18). The van der Waals surface area contributed by atoms with Crippen LogP contribution in [0.4, 0.5) is 4.79 Å². The number of urea groups is 1. The maximum Gasteiger partial charge on any atom is 0.318 e. The van der Waals surface area contributed by atoms with Crippen molar-refractivity contribution < 1.29 is 19.5 Å². The summed E-state index contributed by atoms with van der Waals surface area (Å²) in [6, 6.07) is -0.644. The Morgan fingerprint density at radius 3 is 2.75 bits per heavy atom. The van der Waals surface area contributed by atoms with Crippen LogP contribution < -0.4 is 10.6 Å². The molecule has 0 spiro atoms. The van der Waals surface area contributed by atoms with Crippen molar-refractivity contribution in [1.82, 2.24) is 15.5 Å². The van der Waals surface area contributed by atoms with Crippen LogP contribution in [0.5, 0.6) is 0 Å². The lowest BCUT2D eigenvalue weighted by Gasteiger charge is -2.41. The Morgan fingerprint density at radius 1 is 1.45 bits per heavy atom. The van der Waals surface area contributed by atoms with Gasteiger partial charge in [0.2, 0.25) is 5.91 Å². The van der Waals surface area contributed by atoms with Crippen molar-refractivity contribution >= 4 is 17.9 Å². The largest absolute Gasteiger partial charge is 0.481 e. The first-order valence-corrected chi connectivity index (χ1v) is 6.60. The van der Waals surface area contributed by atoms with E-state index in [0.29, 0.717) is 19.5 Å². The summed E-state index contributed by atoms with van der Waals surface area (Å²) in [5.41, 5.74) is -0.906. The minimum atomic E-state index is -0.906. The Morgan fingerprint density at radius 2 is 2.15 bits per heavy atom. The van der Waals surface area contributed by atoms with Gasteiger partial charge in [-0.15, -0.1) is 0 Å². The van der Waals surface area contributed by atoms with E-state index in [1.54, 1.807) is 26.0 Å². The molecule has 3 amide bonds. The quantitative estimate of drug-likeness (QED) is 0.617. The van der Waals surface area contributed by atoms with Crippen molar-refractivity contribution in [2.24, 2.45) is 5.92 Å². The Labute approximate surface area is 117 Å². The minimum absolute atomic E-state index is 0.190. The first kappa shape index (κ1) is 14.4. The smallest absolute Gasteiger partial charge is 0.318 e. The number of carbonyl (C=O) groups is 3. The molecule has 0 bridgehead atoms. The van der Waals surface area contributed by atoms with Gasteiger partial charge in [0.15, 0.2) is 0 Å². The van der Waals surface area contributed by atoms with Crippen LogP contribution in [-0.4, -0.2) is 52.6 Å². The molecule has 0 aromatic carbocycles. The third-order valence-electron chi connectivity index (χ3n) is 3.81. The normalized spacial score (nSPS) is 28.1. The first-order chi connectivity index (χ1) is 9.32. The van der Waals surface area contributed by atoms with E-state index >= 15 is 0 Å². The van der Waals surface area contributed by atoms with Gasteiger partial charge in [0, 0.05) is 13.1 Å². The molecule has 7 heteroatoms. The fourth-order valence-electron chi connectivity index (χ4n) is 2.48. The molecule has 1 heterocycles. The third-order valence-corrected chi connectivity index (χ3v) is 3.81. The summed E-state index contributed by atoms with van der Waals surface area (Å²) in [6.07, 6.45) is 3.62. The first-order valence-electron chi connectivity index (χ1n) is 6.60. The Balaban J connectivity index is 1.97. The summed E-state index contributed by atoms with van der Waals surface area (Å²) in [5, 5.41) is 14.4. The predicted molar refractivity (Wildman–Crippen MR) is 71.0 cm³/mol. The number of aliphatic carboxylic acids is 1. The molecule has 7 nitrogen and oxygen atoms in total. The van der Waals surface area contributed by atoms with Crippen LogP contribution in [0.15, 0.2) is 12.2 Å². The molecule has 1 aliphatic heterocycles. The number of rotatable bonds is 2. The van der Waals surface area contributed by atoms with Gasteiger partial charge < -0.3 is 20.6 Å². The fraction of sp³-hybridized carbons (Fsp3) is 0.615. The lowest BCUT2D eigenvalue weighted by atomic mass is 9.99. The lowest BCUT2D eigenvalue weighted by Crippen LogP contribution is -2.65. The summed E-state index contributed by atoms with van der Waals surface area (Å²) in [7, 11) is 0. The number of carboxylic acid groups (broad SMARTS) is 1. The number of nitrogens with one attached hydrogen (secondary N) is 2. The molecule has 2 aliphatic rings. The Kier molecular flexibility index (Phi) is 3.69. The Bertz CT molecular complexity index is 472. The molecular formula is C13H19N3O4. The maximum absolute atomic E-state index is 12.2. The molecule has 110 valence electrons. The van der Waals surface area contributed by atoms with Crippen LogP contribution in [0, 0.1) is 5.92 Å². The highest BCUT2D eigenvalue weighted by Crippen LogP contribution is 2.21. The SMILES string of the molecule is CC1(C)C(=O)NCCN1C(=O)NC1C=CC(C(=O)O)C1. The molecule has 0 aromatic rings. The maximum atomic E-state index is 12.2. The average Bonchev–Trinajstić information content (AvgIpc) is 2.81. The summed E-state index contributed by atoms with van der Waals surface area (Å²) < 4.78 is 0. The van der Waals surface area contributed by atoms with Gasteiger partial charge >= 0.3 is 12.0 Å². The summed E-state index contributed by atoms with van der Waals surface area (Å²) in [6.45, 7) is 4.23. The van der Waals surface area contributed by atoms with Crippen LogP contribution in [0.3, 0.4) is 0 Å². The van der Waals surface area contributed by atoms with E-state index in [0.717, 1.165) is 0 Å². The zero-order valence-corrected chi connectivity index (χ0v) is 11.5. The van der Waals surface area contributed by atoms with Crippen molar-refractivity contribution in [3.05, 3.63) is 12.2 Å². The number of piperazine rings is 1. The number of carboxylic acids is 1. The van der Waals surface area contributed by atoms with Crippen LogP contribution in [0.1, 0.15) is 20.3 Å². The molecule has 0 radical (unpaired) electrons. The molecule has 0 saturated carbocycles. The van der Waals surface area contributed by atoms with Crippen LogP contribution in [0.25, 0.3) is 0 Å². The molecule has 2 rings (SSSR count). The molecule has 0 aromatic heterocycles. The topological polar surface area (TPSA) is 98.7 Å². The Hall–Kier alpha value is -2.05. The second-order valence-electron chi connectivity index (χ2n) is 5.59. The molecule has 1 saturated heterocycles. The number of nitrogens with zero attached hydrogens (tertiary/aromatic N) is 1. The van der Waals surface area contributed by atoms with Crippen molar-refractivity contribution in [3.8, 4) is 0 Å². The van der Waals surface area contributed by atoms with Crippen molar-refractivity contribution in [1.29, 1.82) is 0 Å². The molecular weight excluding hydrogens is 262 g/mol. The van der Waals surface area contributed by atoms with Crippen LogP contribution >= 0.6 is 0 Å². The highest BCUT2D eigenvalue weighted by molar-refractivity contribution is 5.91. The molecule has 3 N–H and O–H groups in total. The number of amides is 3. The van der Waals surface area contributed by atoms with Crippen molar-refractivity contribution in [3.63, 3.8) is 0 Å². The van der Waals surface area contributed by atoms with Gasteiger partial charge in [-0.3, -0.25) is 9.59 Å².